The normalized spacial score (nSPS) is 47.9. The van der Waals surface area contributed by atoms with Gasteiger partial charge in [0, 0.05) is 24.4 Å². The second kappa shape index (κ2) is 7.00. The van der Waals surface area contributed by atoms with E-state index in [9.17, 15) is 9.59 Å². The molecule has 5 aliphatic carbocycles. The van der Waals surface area contributed by atoms with Gasteiger partial charge < -0.3 is 10.6 Å². The van der Waals surface area contributed by atoms with E-state index in [1.54, 1.807) is 0 Å². The van der Waals surface area contributed by atoms with Gasteiger partial charge in [-0.15, -0.1) is 0 Å². The predicted octanol–water partition coefficient (Wildman–Crippen LogP) is 5.70. The zero-order valence-corrected chi connectivity index (χ0v) is 22.4. The van der Waals surface area contributed by atoms with Gasteiger partial charge in [-0.1, -0.05) is 55.4 Å². The summed E-state index contributed by atoms with van der Waals surface area (Å²) in [6.07, 6.45) is 8.73. The summed E-state index contributed by atoms with van der Waals surface area (Å²) < 4.78 is 0. The average molecular weight is 457 g/mol. The summed E-state index contributed by atoms with van der Waals surface area (Å²) in [6, 6.07) is 0.613. The Hall–Kier alpha value is -1.06. The number of carbonyl (C=O) groups excluding carboxylic acids is 2. The lowest BCUT2D eigenvalue weighted by atomic mass is 9.53. The Morgan fingerprint density at radius 3 is 1.61 bits per heavy atom. The van der Waals surface area contributed by atoms with Crippen molar-refractivity contribution in [3.8, 4) is 0 Å². The fraction of sp³-hybridized carbons (Fsp3) is 0.931. The maximum Gasteiger partial charge on any atom is 0.223 e. The highest BCUT2D eigenvalue weighted by atomic mass is 16.2. The molecule has 0 spiro atoms. The first-order chi connectivity index (χ1) is 15.1. The number of hydrogen-bond acceptors (Lipinski definition) is 2. The minimum Gasteiger partial charge on any atom is -0.353 e. The Bertz CT molecular complexity index is 860. The first-order valence-electron chi connectivity index (χ1n) is 13.7. The van der Waals surface area contributed by atoms with Crippen LogP contribution in [0.5, 0.6) is 0 Å². The minimum atomic E-state index is -0.118. The van der Waals surface area contributed by atoms with Crippen molar-refractivity contribution in [2.45, 2.75) is 119 Å². The lowest BCUT2D eigenvalue weighted by Gasteiger charge is -2.52. The second-order valence-corrected chi connectivity index (χ2v) is 14.9. The van der Waals surface area contributed by atoms with Crippen molar-refractivity contribution in [3.05, 3.63) is 0 Å². The lowest BCUT2D eigenvalue weighted by molar-refractivity contribution is -0.146. The predicted molar refractivity (Wildman–Crippen MR) is 132 cm³/mol. The Morgan fingerprint density at radius 1 is 0.727 bits per heavy atom. The average Bonchev–Trinajstić information content (AvgIpc) is 3.22. The van der Waals surface area contributed by atoms with Crippen molar-refractivity contribution in [3.63, 3.8) is 0 Å². The van der Waals surface area contributed by atoms with Crippen molar-refractivity contribution >= 4 is 11.8 Å². The van der Waals surface area contributed by atoms with Crippen LogP contribution in [0.25, 0.3) is 0 Å². The smallest absolute Gasteiger partial charge is 0.223 e. The largest absolute Gasteiger partial charge is 0.353 e. The molecule has 2 N–H and O–H groups in total. The van der Waals surface area contributed by atoms with Gasteiger partial charge in [0.1, 0.15) is 0 Å². The summed E-state index contributed by atoms with van der Waals surface area (Å²) in [5.74, 6) is 2.22. The molecule has 0 saturated heterocycles. The summed E-state index contributed by atoms with van der Waals surface area (Å²) in [4.78, 5) is 26.4. The van der Waals surface area contributed by atoms with Crippen LogP contribution in [-0.4, -0.2) is 23.9 Å². The molecule has 0 aromatic rings. The summed E-state index contributed by atoms with van der Waals surface area (Å²) in [7, 11) is 0. The van der Waals surface area contributed by atoms with E-state index in [1.165, 1.54) is 25.7 Å². The highest BCUT2D eigenvalue weighted by molar-refractivity contribution is 5.82. The van der Waals surface area contributed by atoms with E-state index in [-0.39, 0.29) is 34.0 Å². The Labute approximate surface area is 201 Å². The number of nitrogens with one attached hydrogen (secondary N) is 2. The van der Waals surface area contributed by atoms with Crippen LogP contribution in [-0.2, 0) is 9.59 Å². The van der Waals surface area contributed by atoms with E-state index in [2.05, 4.69) is 66.0 Å². The molecule has 0 aromatic heterocycles. The van der Waals surface area contributed by atoms with Crippen molar-refractivity contribution in [1.82, 2.24) is 10.6 Å². The molecule has 2 amide bonds. The van der Waals surface area contributed by atoms with Crippen molar-refractivity contribution < 1.29 is 9.59 Å². The van der Waals surface area contributed by atoms with Gasteiger partial charge in [-0.05, 0) is 89.8 Å². The molecule has 4 bridgehead atoms. The van der Waals surface area contributed by atoms with Gasteiger partial charge in [0.15, 0.2) is 0 Å². The molecule has 8 atom stereocenters. The summed E-state index contributed by atoms with van der Waals surface area (Å²) >= 11 is 0. The molecular weight excluding hydrogens is 408 g/mol. The highest BCUT2D eigenvalue weighted by Gasteiger charge is 2.63. The maximum absolute atomic E-state index is 13.3. The Morgan fingerprint density at radius 2 is 1.21 bits per heavy atom. The summed E-state index contributed by atoms with van der Waals surface area (Å²) in [5.41, 5.74) is 0.939. The van der Waals surface area contributed by atoms with E-state index < -0.39 is 0 Å². The van der Waals surface area contributed by atoms with Crippen LogP contribution < -0.4 is 10.6 Å². The van der Waals surface area contributed by atoms with Crippen molar-refractivity contribution in [1.29, 1.82) is 0 Å². The van der Waals surface area contributed by atoms with Crippen LogP contribution >= 0.6 is 0 Å². The first-order valence-corrected chi connectivity index (χ1v) is 13.7. The standard InChI is InChI=1S/C29H48N2O2/c1-25(2)19(16-23(32)30-21-14-17-9-11-28(21,7)26(17,3)4)13-20(25)24(33)31-22-15-18-10-12-29(22,8)27(18,5)6/h17-22H,9-16H2,1-8H3,(H,30,32)(H,31,33)/t17-,18-,19+,20-,21-,22+,28-,29-/m1/s1. The minimum absolute atomic E-state index is 0.0279. The Balaban J connectivity index is 1.16. The topological polar surface area (TPSA) is 58.2 Å². The van der Waals surface area contributed by atoms with E-state index in [0.29, 0.717) is 35.3 Å². The molecule has 4 heteroatoms. The van der Waals surface area contributed by atoms with Gasteiger partial charge in [0.2, 0.25) is 11.8 Å². The molecule has 0 unspecified atom stereocenters. The van der Waals surface area contributed by atoms with Crippen LogP contribution in [0.15, 0.2) is 0 Å². The third kappa shape index (κ3) is 3.00. The number of rotatable bonds is 5. The SMILES string of the molecule is CC1(C)[C@H](CC(=O)N[C@@H]2C[C@H]3CC[C@@]2(C)C3(C)C)C[C@@H]1C(=O)N[C@H]1C[C@H]2CC[C@@]1(C)C2(C)C. The first kappa shape index (κ1) is 23.7. The number of fused-ring (bicyclic) bond motifs is 4. The molecule has 5 fully saturated rings. The molecule has 186 valence electrons. The van der Waals surface area contributed by atoms with Gasteiger partial charge in [0.05, 0.1) is 0 Å². The van der Waals surface area contributed by atoms with Crippen LogP contribution in [0.1, 0.15) is 107 Å². The molecule has 0 aromatic carbocycles. The van der Waals surface area contributed by atoms with E-state index in [0.717, 1.165) is 31.1 Å². The van der Waals surface area contributed by atoms with E-state index >= 15 is 0 Å². The van der Waals surface area contributed by atoms with Gasteiger partial charge in [-0.2, -0.15) is 0 Å². The zero-order valence-electron chi connectivity index (χ0n) is 22.4. The molecule has 0 radical (unpaired) electrons. The molecule has 5 saturated carbocycles. The molecule has 5 rings (SSSR count). The molecular formula is C29H48N2O2. The van der Waals surface area contributed by atoms with Crippen LogP contribution in [0.4, 0.5) is 0 Å². The van der Waals surface area contributed by atoms with Gasteiger partial charge in [0.25, 0.3) is 0 Å². The Kier molecular flexibility index (Phi) is 5.02. The number of amides is 2. The fourth-order valence-electron chi connectivity index (χ4n) is 9.40. The summed E-state index contributed by atoms with van der Waals surface area (Å²) in [6.45, 7) is 18.8. The molecule has 4 nitrogen and oxygen atoms in total. The molecule has 5 aliphatic rings. The number of carbonyl (C=O) groups is 2. The van der Waals surface area contributed by atoms with E-state index in [1.807, 2.05) is 0 Å². The maximum atomic E-state index is 13.3. The van der Waals surface area contributed by atoms with Crippen LogP contribution in [0.3, 0.4) is 0 Å². The van der Waals surface area contributed by atoms with Gasteiger partial charge in [-0.3, -0.25) is 9.59 Å². The third-order valence-corrected chi connectivity index (χ3v) is 13.5. The molecule has 33 heavy (non-hydrogen) atoms. The van der Waals surface area contributed by atoms with Crippen molar-refractivity contribution in [2.24, 2.45) is 50.7 Å². The highest BCUT2D eigenvalue weighted by Crippen LogP contribution is 2.66. The molecule has 0 heterocycles. The number of hydrogen-bond donors (Lipinski definition) is 2. The molecule has 0 aliphatic heterocycles. The third-order valence-electron chi connectivity index (χ3n) is 13.5. The quantitative estimate of drug-likeness (QED) is 0.557. The van der Waals surface area contributed by atoms with Crippen LogP contribution in [0.2, 0.25) is 0 Å². The second-order valence-electron chi connectivity index (χ2n) is 14.9. The van der Waals surface area contributed by atoms with E-state index in [4.69, 9.17) is 0 Å². The van der Waals surface area contributed by atoms with Gasteiger partial charge >= 0.3 is 0 Å². The van der Waals surface area contributed by atoms with Crippen LogP contribution in [0, 0.1) is 50.7 Å². The zero-order chi connectivity index (χ0) is 24.2. The van der Waals surface area contributed by atoms with Gasteiger partial charge in [-0.25, -0.2) is 0 Å². The monoisotopic (exact) mass is 456 g/mol. The summed E-state index contributed by atoms with van der Waals surface area (Å²) in [5, 5.41) is 6.93. The fourth-order valence-corrected chi connectivity index (χ4v) is 9.40. The lowest BCUT2D eigenvalue weighted by Crippen LogP contribution is -2.57. The van der Waals surface area contributed by atoms with Crippen molar-refractivity contribution in [2.75, 3.05) is 0 Å².